The molecule has 1 rings (SSSR count). The lowest BCUT2D eigenvalue weighted by Crippen LogP contribution is -2.33. The van der Waals surface area contributed by atoms with Gasteiger partial charge >= 0.3 is 5.97 Å². The summed E-state index contributed by atoms with van der Waals surface area (Å²) in [6.07, 6.45) is 1.44. The minimum atomic E-state index is -0.921. The molecule has 0 saturated heterocycles. The van der Waals surface area contributed by atoms with E-state index in [9.17, 15) is 9.59 Å². The standard InChI is InChI=1S/C11H15NO4/c1-7-4-5-16-9(7)10(13)12(3)6-8(2)11(14)15/h4-5,8H,6H2,1-3H3,(H,14,15). The number of hydrogen-bond acceptors (Lipinski definition) is 3. The summed E-state index contributed by atoms with van der Waals surface area (Å²) in [4.78, 5) is 23.8. The molecule has 0 radical (unpaired) electrons. The molecule has 0 aliphatic carbocycles. The smallest absolute Gasteiger partial charge is 0.308 e. The summed E-state index contributed by atoms with van der Waals surface area (Å²) in [6.45, 7) is 3.49. The molecule has 0 spiro atoms. The number of rotatable bonds is 4. The number of aliphatic carboxylic acids is 1. The van der Waals surface area contributed by atoms with E-state index >= 15 is 0 Å². The second-order valence-corrected chi connectivity index (χ2v) is 3.86. The maximum atomic E-state index is 11.8. The Kier molecular flexibility index (Phi) is 3.71. The summed E-state index contributed by atoms with van der Waals surface area (Å²) in [5, 5.41) is 8.74. The predicted molar refractivity (Wildman–Crippen MR) is 57.2 cm³/mol. The number of hydrogen-bond donors (Lipinski definition) is 1. The van der Waals surface area contributed by atoms with Gasteiger partial charge in [-0.1, -0.05) is 6.92 Å². The van der Waals surface area contributed by atoms with Crippen molar-refractivity contribution >= 4 is 11.9 Å². The van der Waals surface area contributed by atoms with Crippen molar-refractivity contribution in [3.63, 3.8) is 0 Å². The van der Waals surface area contributed by atoms with Crippen molar-refractivity contribution in [1.82, 2.24) is 4.90 Å². The summed E-state index contributed by atoms with van der Waals surface area (Å²) in [5.41, 5.74) is 0.750. The minimum Gasteiger partial charge on any atom is -0.481 e. The second kappa shape index (κ2) is 4.83. The molecule has 1 N–H and O–H groups in total. The van der Waals surface area contributed by atoms with Gasteiger partial charge in [0.15, 0.2) is 5.76 Å². The van der Waals surface area contributed by atoms with E-state index in [4.69, 9.17) is 9.52 Å². The fourth-order valence-corrected chi connectivity index (χ4v) is 1.34. The van der Waals surface area contributed by atoms with E-state index in [-0.39, 0.29) is 18.2 Å². The largest absolute Gasteiger partial charge is 0.481 e. The maximum absolute atomic E-state index is 11.8. The van der Waals surface area contributed by atoms with Crippen LogP contribution in [0.4, 0.5) is 0 Å². The van der Waals surface area contributed by atoms with Crippen LogP contribution >= 0.6 is 0 Å². The van der Waals surface area contributed by atoms with E-state index in [0.29, 0.717) is 0 Å². The summed E-state index contributed by atoms with van der Waals surface area (Å²) in [6, 6.07) is 1.70. The lowest BCUT2D eigenvalue weighted by atomic mass is 10.1. The Labute approximate surface area is 93.7 Å². The minimum absolute atomic E-state index is 0.161. The van der Waals surface area contributed by atoms with Crippen LogP contribution in [0, 0.1) is 12.8 Å². The summed E-state index contributed by atoms with van der Waals surface area (Å²) < 4.78 is 5.05. The Hall–Kier alpha value is -1.78. The van der Waals surface area contributed by atoms with Crippen LogP contribution < -0.4 is 0 Å². The number of amides is 1. The van der Waals surface area contributed by atoms with Gasteiger partial charge in [0.2, 0.25) is 0 Å². The first-order chi connectivity index (χ1) is 7.43. The first-order valence-corrected chi connectivity index (χ1v) is 4.96. The molecule has 0 fully saturated rings. The highest BCUT2D eigenvalue weighted by molar-refractivity contribution is 5.92. The molecule has 5 nitrogen and oxygen atoms in total. The van der Waals surface area contributed by atoms with Gasteiger partial charge in [0.25, 0.3) is 5.91 Å². The number of carbonyl (C=O) groups is 2. The monoisotopic (exact) mass is 225 g/mol. The highest BCUT2D eigenvalue weighted by Gasteiger charge is 2.21. The molecule has 5 heteroatoms. The van der Waals surface area contributed by atoms with E-state index in [0.717, 1.165) is 5.56 Å². The van der Waals surface area contributed by atoms with Crippen LogP contribution in [0.15, 0.2) is 16.7 Å². The number of carboxylic acid groups (broad SMARTS) is 1. The lowest BCUT2D eigenvalue weighted by molar-refractivity contribution is -0.141. The summed E-state index contributed by atoms with van der Waals surface area (Å²) in [5.74, 6) is -1.55. The van der Waals surface area contributed by atoms with Crippen LogP contribution in [-0.4, -0.2) is 35.5 Å². The van der Waals surface area contributed by atoms with E-state index in [1.54, 1.807) is 27.0 Å². The van der Waals surface area contributed by atoms with Crippen LogP contribution in [0.5, 0.6) is 0 Å². The molecule has 0 aliphatic heterocycles. The second-order valence-electron chi connectivity index (χ2n) is 3.86. The highest BCUT2D eigenvalue weighted by atomic mass is 16.4. The zero-order valence-electron chi connectivity index (χ0n) is 9.56. The average molecular weight is 225 g/mol. The molecule has 1 heterocycles. The molecule has 1 atom stereocenters. The summed E-state index contributed by atoms with van der Waals surface area (Å²) in [7, 11) is 1.56. The Balaban J connectivity index is 2.69. The number of aryl methyl sites for hydroxylation is 1. The van der Waals surface area contributed by atoms with Gasteiger partial charge in [-0.25, -0.2) is 0 Å². The zero-order valence-corrected chi connectivity index (χ0v) is 9.56. The molecule has 1 unspecified atom stereocenters. The third-order valence-corrected chi connectivity index (χ3v) is 2.37. The van der Waals surface area contributed by atoms with Gasteiger partial charge in [0, 0.05) is 19.2 Å². The first-order valence-electron chi connectivity index (χ1n) is 4.96. The van der Waals surface area contributed by atoms with Crippen LogP contribution in [0.25, 0.3) is 0 Å². The molecular formula is C11H15NO4. The molecule has 88 valence electrons. The third-order valence-electron chi connectivity index (χ3n) is 2.37. The highest BCUT2D eigenvalue weighted by Crippen LogP contribution is 2.12. The molecule has 1 amide bonds. The van der Waals surface area contributed by atoms with Gasteiger partial charge in [-0.15, -0.1) is 0 Å². The van der Waals surface area contributed by atoms with Crippen molar-refractivity contribution in [3.05, 3.63) is 23.7 Å². The van der Waals surface area contributed by atoms with Gasteiger partial charge in [-0.3, -0.25) is 9.59 Å². The fourth-order valence-electron chi connectivity index (χ4n) is 1.34. The third kappa shape index (κ3) is 2.62. The van der Waals surface area contributed by atoms with Crippen molar-refractivity contribution in [2.75, 3.05) is 13.6 Å². The van der Waals surface area contributed by atoms with Gasteiger partial charge in [0.1, 0.15) is 0 Å². The SMILES string of the molecule is Cc1ccoc1C(=O)N(C)CC(C)C(=O)O. The quantitative estimate of drug-likeness (QED) is 0.840. The molecule has 16 heavy (non-hydrogen) atoms. The van der Waals surface area contributed by atoms with Gasteiger partial charge in [-0.2, -0.15) is 0 Å². The van der Waals surface area contributed by atoms with Gasteiger partial charge in [-0.05, 0) is 13.0 Å². The fraction of sp³-hybridized carbons (Fsp3) is 0.455. The van der Waals surface area contributed by atoms with Crippen LogP contribution in [0.3, 0.4) is 0 Å². The van der Waals surface area contributed by atoms with Crippen molar-refractivity contribution in [3.8, 4) is 0 Å². The Bertz CT molecular complexity index is 396. The first kappa shape index (κ1) is 12.3. The lowest BCUT2D eigenvalue weighted by Gasteiger charge is -2.18. The maximum Gasteiger partial charge on any atom is 0.308 e. The Morgan fingerprint density at radius 2 is 2.19 bits per heavy atom. The van der Waals surface area contributed by atoms with Crippen molar-refractivity contribution in [1.29, 1.82) is 0 Å². The van der Waals surface area contributed by atoms with Crippen molar-refractivity contribution < 1.29 is 19.1 Å². The van der Waals surface area contributed by atoms with E-state index in [2.05, 4.69) is 0 Å². The van der Waals surface area contributed by atoms with Gasteiger partial charge < -0.3 is 14.4 Å². The van der Waals surface area contributed by atoms with E-state index in [1.165, 1.54) is 11.2 Å². The number of carboxylic acids is 1. The van der Waals surface area contributed by atoms with Gasteiger partial charge in [0.05, 0.1) is 12.2 Å². The number of nitrogens with zero attached hydrogens (tertiary/aromatic N) is 1. The Morgan fingerprint density at radius 3 is 2.62 bits per heavy atom. The van der Waals surface area contributed by atoms with Crippen molar-refractivity contribution in [2.45, 2.75) is 13.8 Å². The molecule has 1 aromatic heterocycles. The van der Waals surface area contributed by atoms with Crippen LogP contribution in [0.1, 0.15) is 23.0 Å². The average Bonchev–Trinajstić information content (AvgIpc) is 2.62. The predicted octanol–water partition coefficient (Wildman–Crippen LogP) is 1.38. The molecule has 0 aliphatic rings. The number of carbonyl (C=O) groups excluding carboxylic acids is 1. The molecule has 0 saturated carbocycles. The summed E-state index contributed by atoms with van der Waals surface area (Å²) >= 11 is 0. The topological polar surface area (TPSA) is 70.8 Å². The van der Waals surface area contributed by atoms with Crippen LogP contribution in [0.2, 0.25) is 0 Å². The van der Waals surface area contributed by atoms with Crippen LogP contribution in [-0.2, 0) is 4.79 Å². The number of furan rings is 1. The normalized spacial score (nSPS) is 12.2. The molecule has 0 bridgehead atoms. The zero-order chi connectivity index (χ0) is 12.3. The van der Waals surface area contributed by atoms with E-state index in [1.807, 2.05) is 0 Å². The molecular weight excluding hydrogens is 210 g/mol. The van der Waals surface area contributed by atoms with Crippen molar-refractivity contribution in [2.24, 2.45) is 5.92 Å². The van der Waals surface area contributed by atoms with E-state index < -0.39 is 11.9 Å². The molecule has 0 aromatic carbocycles. The molecule has 1 aromatic rings. The Morgan fingerprint density at radius 1 is 1.56 bits per heavy atom.